The van der Waals surface area contributed by atoms with Crippen LogP contribution in [0, 0.1) is 0 Å². The van der Waals surface area contributed by atoms with Crippen molar-refractivity contribution >= 4 is 17.7 Å². The second-order valence-corrected chi connectivity index (χ2v) is 7.05. The van der Waals surface area contributed by atoms with Gasteiger partial charge in [0, 0.05) is 6.42 Å². The number of carbonyl (C=O) groups excluding carboxylic acids is 1. The van der Waals surface area contributed by atoms with E-state index in [4.69, 9.17) is 0 Å². The third kappa shape index (κ3) is 17.8. The standard InChI is InChI=1S/C18H36O2S/c1-3-16-21-17-14-12-10-8-6-4-5-7-9-11-13-15-18(19)20-2/h3-17H2,1-2H3. The predicted octanol–water partition coefficient (Wildman–Crippen LogP) is 5.98. The number of hydrogen-bond donors (Lipinski definition) is 0. The smallest absolute Gasteiger partial charge is 0.305 e. The van der Waals surface area contributed by atoms with Gasteiger partial charge in [0.05, 0.1) is 7.11 Å². The molecule has 0 saturated carbocycles. The quantitative estimate of drug-likeness (QED) is 0.259. The summed E-state index contributed by atoms with van der Waals surface area (Å²) in [6.07, 6.45) is 16.5. The molecule has 126 valence electrons. The van der Waals surface area contributed by atoms with Crippen LogP contribution in [0.3, 0.4) is 0 Å². The number of hydrogen-bond acceptors (Lipinski definition) is 3. The summed E-state index contributed by atoms with van der Waals surface area (Å²) in [5.74, 6) is 2.63. The topological polar surface area (TPSA) is 26.3 Å². The van der Waals surface area contributed by atoms with Crippen LogP contribution in [0.25, 0.3) is 0 Å². The van der Waals surface area contributed by atoms with E-state index in [0.29, 0.717) is 6.42 Å². The van der Waals surface area contributed by atoms with Crippen LogP contribution in [0.1, 0.15) is 90.4 Å². The molecule has 2 nitrogen and oxygen atoms in total. The normalized spacial score (nSPS) is 10.8. The van der Waals surface area contributed by atoms with Gasteiger partial charge in [-0.05, 0) is 30.8 Å². The molecule has 0 aliphatic rings. The summed E-state index contributed by atoms with van der Waals surface area (Å²) in [7, 11) is 1.46. The molecule has 0 aliphatic heterocycles. The molecule has 0 radical (unpaired) electrons. The minimum absolute atomic E-state index is 0.0666. The van der Waals surface area contributed by atoms with E-state index in [-0.39, 0.29) is 5.97 Å². The first-order chi connectivity index (χ1) is 10.3. The van der Waals surface area contributed by atoms with E-state index >= 15 is 0 Å². The average molecular weight is 317 g/mol. The maximum absolute atomic E-state index is 10.9. The largest absolute Gasteiger partial charge is 0.469 e. The SMILES string of the molecule is CCCSCCCCCCCCCCCCCC(=O)OC. The Labute approximate surface area is 136 Å². The summed E-state index contributed by atoms with van der Waals surface area (Å²) in [5.41, 5.74) is 0. The first-order valence-electron chi connectivity index (χ1n) is 8.95. The van der Waals surface area contributed by atoms with Crippen molar-refractivity contribution in [3.63, 3.8) is 0 Å². The van der Waals surface area contributed by atoms with Crippen molar-refractivity contribution in [2.75, 3.05) is 18.6 Å². The third-order valence-electron chi connectivity index (χ3n) is 3.75. The van der Waals surface area contributed by atoms with Gasteiger partial charge in [-0.3, -0.25) is 4.79 Å². The van der Waals surface area contributed by atoms with Crippen LogP contribution in [0.2, 0.25) is 0 Å². The van der Waals surface area contributed by atoms with E-state index in [1.165, 1.54) is 89.2 Å². The molecule has 0 fully saturated rings. The number of esters is 1. The summed E-state index contributed by atoms with van der Waals surface area (Å²) in [4.78, 5) is 10.9. The van der Waals surface area contributed by atoms with Gasteiger partial charge in [-0.25, -0.2) is 0 Å². The van der Waals surface area contributed by atoms with Crippen LogP contribution in [0.4, 0.5) is 0 Å². The zero-order chi connectivity index (χ0) is 15.6. The maximum atomic E-state index is 10.9. The highest BCUT2D eigenvalue weighted by atomic mass is 32.2. The van der Waals surface area contributed by atoms with Crippen molar-refractivity contribution in [2.45, 2.75) is 90.4 Å². The van der Waals surface area contributed by atoms with E-state index in [1.807, 2.05) is 0 Å². The second-order valence-electron chi connectivity index (χ2n) is 5.83. The fourth-order valence-corrected chi connectivity index (χ4v) is 3.31. The number of ether oxygens (including phenoxy) is 1. The van der Waals surface area contributed by atoms with Crippen LogP contribution in [-0.2, 0) is 9.53 Å². The first kappa shape index (κ1) is 20.8. The average Bonchev–Trinajstić information content (AvgIpc) is 2.50. The van der Waals surface area contributed by atoms with Crippen molar-refractivity contribution in [1.82, 2.24) is 0 Å². The van der Waals surface area contributed by atoms with Crippen molar-refractivity contribution in [2.24, 2.45) is 0 Å². The Hall–Kier alpha value is -0.180. The Balaban J connectivity index is 2.98. The van der Waals surface area contributed by atoms with Gasteiger partial charge in [-0.2, -0.15) is 11.8 Å². The summed E-state index contributed by atoms with van der Waals surface area (Å²) in [6, 6.07) is 0. The molecule has 0 aliphatic carbocycles. The number of carbonyl (C=O) groups is 1. The molecule has 0 bridgehead atoms. The molecule has 3 heteroatoms. The van der Waals surface area contributed by atoms with Crippen LogP contribution < -0.4 is 0 Å². The maximum Gasteiger partial charge on any atom is 0.305 e. The molecule has 21 heavy (non-hydrogen) atoms. The number of rotatable bonds is 16. The molecule has 0 unspecified atom stereocenters. The van der Waals surface area contributed by atoms with Crippen molar-refractivity contribution in [1.29, 1.82) is 0 Å². The molecule has 0 heterocycles. The van der Waals surface area contributed by atoms with Crippen LogP contribution >= 0.6 is 11.8 Å². The highest BCUT2D eigenvalue weighted by molar-refractivity contribution is 7.99. The van der Waals surface area contributed by atoms with Gasteiger partial charge in [0.15, 0.2) is 0 Å². The van der Waals surface area contributed by atoms with Gasteiger partial charge in [-0.15, -0.1) is 0 Å². The van der Waals surface area contributed by atoms with E-state index in [1.54, 1.807) is 0 Å². The lowest BCUT2D eigenvalue weighted by molar-refractivity contribution is -0.140. The summed E-state index contributed by atoms with van der Waals surface area (Å²) < 4.78 is 4.63. The van der Waals surface area contributed by atoms with E-state index < -0.39 is 0 Å². The highest BCUT2D eigenvalue weighted by Gasteiger charge is 1.99. The molecule has 0 amide bonds. The van der Waals surface area contributed by atoms with Crippen molar-refractivity contribution in [3.8, 4) is 0 Å². The third-order valence-corrected chi connectivity index (χ3v) is 5.02. The highest BCUT2D eigenvalue weighted by Crippen LogP contribution is 2.13. The Morgan fingerprint density at radius 3 is 1.71 bits per heavy atom. The van der Waals surface area contributed by atoms with Gasteiger partial charge < -0.3 is 4.74 Å². The molecule has 0 aromatic rings. The first-order valence-corrected chi connectivity index (χ1v) is 10.1. The van der Waals surface area contributed by atoms with Gasteiger partial charge in [-0.1, -0.05) is 64.7 Å². The second kappa shape index (κ2) is 17.9. The van der Waals surface area contributed by atoms with Crippen LogP contribution in [-0.4, -0.2) is 24.6 Å². The minimum Gasteiger partial charge on any atom is -0.469 e. The van der Waals surface area contributed by atoms with Gasteiger partial charge in [0.2, 0.25) is 0 Å². The predicted molar refractivity (Wildman–Crippen MR) is 95.0 cm³/mol. The van der Waals surface area contributed by atoms with E-state index in [2.05, 4.69) is 23.4 Å². The van der Waals surface area contributed by atoms with Gasteiger partial charge >= 0.3 is 5.97 Å². The molecule has 0 saturated heterocycles. The monoisotopic (exact) mass is 316 g/mol. The lowest BCUT2D eigenvalue weighted by atomic mass is 10.1. The molecule has 0 aromatic carbocycles. The number of methoxy groups -OCH3 is 1. The summed E-state index contributed by atoms with van der Waals surface area (Å²) in [6.45, 7) is 2.26. The summed E-state index contributed by atoms with van der Waals surface area (Å²) >= 11 is 2.11. The zero-order valence-corrected chi connectivity index (χ0v) is 15.1. The van der Waals surface area contributed by atoms with Gasteiger partial charge in [0.25, 0.3) is 0 Å². The Morgan fingerprint density at radius 1 is 0.762 bits per heavy atom. The van der Waals surface area contributed by atoms with Crippen LogP contribution in [0.5, 0.6) is 0 Å². The molecule has 0 atom stereocenters. The molecule has 0 aromatic heterocycles. The summed E-state index contributed by atoms with van der Waals surface area (Å²) in [5, 5.41) is 0. The Bertz CT molecular complexity index is 219. The Morgan fingerprint density at radius 2 is 1.24 bits per heavy atom. The Kier molecular flexibility index (Phi) is 17.7. The van der Waals surface area contributed by atoms with Crippen LogP contribution in [0.15, 0.2) is 0 Å². The molecule has 0 spiro atoms. The van der Waals surface area contributed by atoms with Crippen molar-refractivity contribution in [3.05, 3.63) is 0 Å². The lowest BCUT2D eigenvalue weighted by Crippen LogP contribution is -1.99. The van der Waals surface area contributed by atoms with E-state index in [0.717, 1.165) is 6.42 Å². The molecule has 0 N–H and O–H groups in total. The molecule has 0 rings (SSSR count). The number of thioether (sulfide) groups is 1. The van der Waals surface area contributed by atoms with Gasteiger partial charge in [0.1, 0.15) is 0 Å². The lowest BCUT2D eigenvalue weighted by Gasteiger charge is -2.03. The number of unbranched alkanes of at least 4 members (excludes halogenated alkanes) is 10. The van der Waals surface area contributed by atoms with E-state index in [9.17, 15) is 4.79 Å². The fourth-order valence-electron chi connectivity index (χ4n) is 2.41. The molecular formula is C18H36O2S. The fraction of sp³-hybridized carbons (Fsp3) is 0.944. The molecular weight excluding hydrogens is 280 g/mol. The zero-order valence-electron chi connectivity index (χ0n) is 14.3. The van der Waals surface area contributed by atoms with Crippen molar-refractivity contribution < 1.29 is 9.53 Å². The minimum atomic E-state index is -0.0666.